The van der Waals surface area contributed by atoms with Gasteiger partial charge in [-0.15, -0.1) is 0 Å². The summed E-state index contributed by atoms with van der Waals surface area (Å²) < 4.78 is 0. The van der Waals surface area contributed by atoms with Crippen molar-refractivity contribution in [2.45, 2.75) is 13.0 Å². The van der Waals surface area contributed by atoms with E-state index in [1.165, 1.54) is 6.92 Å². The second-order valence-electron chi connectivity index (χ2n) is 1.03. The minimum absolute atomic E-state index is 0. The third-order valence-electron chi connectivity index (χ3n) is 0.264. The van der Waals surface area contributed by atoms with Crippen LogP contribution in [0.2, 0.25) is 0 Å². The zero-order valence-corrected chi connectivity index (χ0v) is 9.77. The SMILES string of the molecule is CC(O)CO.[Ca].[Zn]. The van der Waals surface area contributed by atoms with Crippen LogP contribution in [0, 0.1) is 0 Å². The van der Waals surface area contributed by atoms with Crippen molar-refractivity contribution >= 4 is 37.7 Å². The Morgan fingerprint density at radius 3 is 1.71 bits per heavy atom. The molecule has 4 heteroatoms. The first kappa shape index (κ1) is 15.9. The molecule has 2 radical (unpaired) electrons. The quantitative estimate of drug-likeness (QED) is 0.509. The van der Waals surface area contributed by atoms with E-state index in [1.807, 2.05) is 0 Å². The zero-order chi connectivity index (χ0) is 4.28. The molecule has 0 fully saturated rings. The Labute approximate surface area is 86.1 Å². The van der Waals surface area contributed by atoms with Gasteiger partial charge in [-0.05, 0) is 6.92 Å². The van der Waals surface area contributed by atoms with Crippen LogP contribution in [0.25, 0.3) is 0 Å². The summed E-state index contributed by atoms with van der Waals surface area (Å²) in [5.74, 6) is 0. The Bertz CT molecular complexity index is 26.9. The number of hydrogen-bond acceptors (Lipinski definition) is 2. The van der Waals surface area contributed by atoms with E-state index in [1.54, 1.807) is 0 Å². The molecule has 0 aromatic heterocycles. The van der Waals surface area contributed by atoms with E-state index in [0.29, 0.717) is 0 Å². The van der Waals surface area contributed by atoms with Crippen LogP contribution in [-0.4, -0.2) is 60.7 Å². The molecule has 0 aromatic carbocycles. The molecule has 0 aromatic rings. The van der Waals surface area contributed by atoms with Gasteiger partial charge >= 0.3 is 0 Å². The average Bonchev–Trinajstić information content (AvgIpc) is 1.38. The van der Waals surface area contributed by atoms with Gasteiger partial charge in [0, 0.05) is 57.2 Å². The summed E-state index contributed by atoms with van der Waals surface area (Å²) in [7, 11) is 0. The largest absolute Gasteiger partial charge is 0.394 e. The molecule has 2 nitrogen and oxygen atoms in total. The molecule has 0 aliphatic carbocycles. The predicted octanol–water partition coefficient (Wildman–Crippen LogP) is -1.02. The summed E-state index contributed by atoms with van der Waals surface area (Å²) >= 11 is 0. The van der Waals surface area contributed by atoms with Crippen molar-refractivity contribution in [2.24, 2.45) is 0 Å². The third kappa shape index (κ3) is 18.2. The second-order valence-corrected chi connectivity index (χ2v) is 1.03. The molecular weight excluding hydrogens is 173 g/mol. The van der Waals surface area contributed by atoms with Crippen LogP contribution >= 0.6 is 0 Å². The van der Waals surface area contributed by atoms with Crippen LogP contribution in [0.5, 0.6) is 0 Å². The van der Waals surface area contributed by atoms with E-state index in [9.17, 15) is 0 Å². The van der Waals surface area contributed by atoms with Crippen molar-refractivity contribution in [3.63, 3.8) is 0 Å². The van der Waals surface area contributed by atoms with E-state index < -0.39 is 6.10 Å². The van der Waals surface area contributed by atoms with Crippen molar-refractivity contribution in [3.8, 4) is 0 Å². The van der Waals surface area contributed by atoms with E-state index in [2.05, 4.69) is 0 Å². The number of aliphatic hydroxyl groups is 2. The predicted molar refractivity (Wildman–Crippen MR) is 24.5 cm³/mol. The van der Waals surface area contributed by atoms with Crippen LogP contribution < -0.4 is 0 Å². The van der Waals surface area contributed by atoms with E-state index >= 15 is 0 Å². The van der Waals surface area contributed by atoms with Gasteiger partial charge in [-0.3, -0.25) is 0 Å². The van der Waals surface area contributed by atoms with Gasteiger partial charge in [0.15, 0.2) is 0 Å². The van der Waals surface area contributed by atoms with Crippen LogP contribution in [0.4, 0.5) is 0 Å². The summed E-state index contributed by atoms with van der Waals surface area (Å²) in [6.07, 6.45) is -0.560. The Hall–Kier alpha value is 1.80. The first-order valence-corrected chi connectivity index (χ1v) is 1.56. The fraction of sp³-hybridized carbons (Fsp3) is 1.00. The van der Waals surface area contributed by atoms with Gasteiger partial charge in [0.2, 0.25) is 0 Å². The van der Waals surface area contributed by atoms with Crippen molar-refractivity contribution in [2.75, 3.05) is 6.61 Å². The molecule has 1 atom stereocenters. The Morgan fingerprint density at radius 1 is 1.57 bits per heavy atom. The van der Waals surface area contributed by atoms with Gasteiger partial charge in [0.25, 0.3) is 0 Å². The molecule has 0 saturated carbocycles. The number of hydrogen-bond donors (Lipinski definition) is 2. The van der Waals surface area contributed by atoms with Gasteiger partial charge in [-0.25, -0.2) is 0 Å². The fourth-order valence-corrected chi connectivity index (χ4v) is 0. The van der Waals surface area contributed by atoms with E-state index in [-0.39, 0.29) is 63.8 Å². The summed E-state index contributed by atoms with van der Waals surface area (Å²) in [5, 5.41) is 16.0. The number of aliphatic hydroxyl groups excluding tert-OH is 2. The maximum atomic E-state index is 8.11. The first-order chi connectivity index (χ1) is 2.27. The standard InChI is InChI=1S/C3H8O2.Ca.Zn/c1-3(5)2-4;;/h3-5H,2H2,1H3;;. The third-order valence-corrected chi connectivity index (χ3v) is 0.264. The van der Waals surface area contributed by atoms with Crippen molar-refractivity contribution in [3.05, 3.63) is 0 Å². The van der Waals surface area contributed by atoms with Crippen molar-refractivity contribution in [1.82, 2.24) is 0 Å². The van der Waals surface area contributed by atoms with Crippen LogP contribution in [-0.2, 0) is 19.5 Å². The van der Waals surface area contributed by atoms with Gasteiger partial charge in [0.1, 0.15) is 0 Å². The molecule has 1 unspecified atom stereocenters. The minimum Gasteiger partial charge on any atom is -0.394 e. The molecule has 7 heavy (non-hydrogen) atoms. The maximum absolute atomic E-state index is 8.11. The van der Waals surface area contributed by atoms with E-state index in [0.717, 1.165) is 0 Å². The van der Waals surface area contributed by atoms with Crippen LogP contribution in [0.1, 0.15) is 6.92 Å². The Balaban J connectivity index is -0.0000000800. The Morgan fingerprint density at radius 2 is 1.71 bits per heavy atom. The molecule has 0 amide bonds. The second kappa shape index (κ2) is 10.7. The maximum Gasteiger partial charge on any atom is 0.0742 e. The zero-order valence-electron chi connectivity index (χ0n) is 4.59. The molecule has 0 spiro atoms. The average molecular weight is 182 g/mol. The number of rotatable bonds is 1. The summed E-state index contributed by atoms with van der Waals surface area (Å²) in [4.78, 5) is 0. The topological polar surface area (TPSA) is 40.5 Å². The van der Waals surface area contributed by atoms with Crippen molar-refractivity contribution in [1.29, 1.82) is 0 Å². The van der Waals surface area contributed by atoms with Crippen molar-refractivity contribution < 1.29 is 29.7 Å². The molecule has 0 bridgehead atoms. The van der Waals surface area contributed by atoms with Gasteiger partial charge in [0.05, 0.1) is 12.7 Å². The minimum atomic E-state index is -0.560. The molecule has 2 N–H and O–H groups in total. The molecule has 0 heterocycles. The Kier molecular flexibility index (Phi) is 24.4. The molecular formula is C3H8CaO2Zn. The summed E-state index contributed by atoms with van der Waals surface area (Å²) in [5.41, 5.74) is 0. The molecule has 0 aliphatic rings. The van der Waals surface area contributed by atoms with Crippen LogP contribution in [0.15, 0.2) is 0 Å². The van der Waals surface area contributed by atoms with Gasteiger partial charge in [-0.2, -0.15) is 0 Å². The smallest absolute Gasteiger partial charge is 0.0742 e. The summed E-state index contributed by atoms with van der Waals surface area (Å²) in [6.45, 7) is 1.39. The van der Waals surface area contributed by atoms with Gasteiger partial charge in [-0.1, -0.05) is 0 Å². The molecule has 36 valence electrons. The normalized spacial score (nSPS) is 10.7. The van der Waals surface area contributed by atoms with Crippen LogP contribution in [0.3, 0.4) is 0 Å². The molecule has 0 saturated heterocycles. The van der Waals surface area contributed by atoms with E-state index in [4.69, 9.17) is 10.2 Å². The summed E-state index contributed by atoms with van der Waals surface area (Å²) in [6, 6.07) is 0. The molecule has 0 aliphatic heterocycles. The monoisotopic (exact) mass is 180 g/mol. The first-order valence-electron chi connectivity index (χ1n) is 1.56. The van der Waals surface area contributed by atoms with Gasteiger partial charge < -0.3 is 10.2 Å². The molecule has 0 rings (SSSR count). The fourth-order valence-electron chi connectivity index (χ4n) is 0.